The molecule has 0 radical (unpaired) electrons. The van der Waals surface area contributed by atoms with Gasteiger partial charge in [0.1, 0.15) is 5.82 Å². The molecule has 0 saturated heterocycles. The van der Waals surface area contributed by atoms with Crippen LogP contribution in [0.2, 0.25) is 5.02 Å². The minimum Gasteiger partial charge on any atom is -0.454 e. The van der Waals surface area contributed by atoms with E-state index in [0.717, 1.165) is 22.6 Å². The first-order valence-corrected chi connectivity index (χ1v) is 9.13. The van der Waals surface area contributed by atoms with E-state index in [0.29, 0.717) is 28.6 Å². The van der Waals surface area contributed by atoms with E-state index in [4.69, 9.17) is 21.1 Å². The maximum atomic E-state index is 12.4. The number of hydrogen-bond acceptors (Lipinski definition) is 5. The molecule has 4 rings (SSSR count). The summed E-state index contributed by atoms with van der Waals surface area (Å²) in [5.74, 6) is 1.94. The molecule has 1 amide bonds. The largest absolute Gasteiger partial charge is 0.454 e. The van der Waals surface area contributed by atoms with Crippen LogP contribution in [0.4, 0.5) is 11.5 Å². The molecule has 0 atom stereocenters. The Hall–Kier alpha value is -3.25. The maximum absolute atomic E-state index is 12.4. The molecule has 0 aliphatic carbocycles. The average Bonchev–Trinajstić information content (AvgIpc) is 3.18. The van der Waals surface area contributed by atoms with Crippen molar-refractivity contribution in [3.63, 3.8) is 0 Å². The van der Waals surface area contributed by atoms with E-state index in [9.17, 15) is 4.79 Å². The molecule has 2 N–H and O–H groups in total. The van der Waals surface area contributed by atoms with Crippen LogP contribution >= 0.6 is 11.6 Å². The summed E-state index contributed by atoms with van der Waals surface area (Å²) in [4.78, 5) is 16.8. The molecule has 0 bridgehead atoms. The van der Waals surface area contributed by atoms with Crippen molar-refractivity contribution in [3.8, 4) is 11.5 Å². The Balaban J connectivity index is 1.38. The molecule has 1 aliphatic heterocycles. The number of pyridine rings is 1. The molecule has 7 heteroatoms. The van der Waals surface area contributed by atoms with Gasteiger partial charge in [0, 0.05) is 23.5 Å². The van der Waals surface area contributed by atoms with Gasteiger partial charge in [0.05, 0.1) is 5.56 Å². The number of nitrogens with zero attached hydrogens (tertiary/aromatic N) is 1. The standard InChI is InChI=1S/C21H18ClN3O3/c1-13-16(22)3-2-4-17(13)25-21(26)15-6-8-20(24-11-15)23-10-14-5-7-18-19(9-14)28-12-27-18/h2-9,11H,10,12H2,1H3,(H,23,24)(H,25,26). The predicted molar refractivity (Wildman–Crippen MR) is 108 cm³/mol. The fourth-order valence-electron chi connectivity index (χ4n) is 2.81. The SMILES string of the molecule is Cc1c(Cl)cccc1NC(=O)c1ccc(NCc2ccc3c(c2)OCO3)nc1. The number of nitrogens with one attached hydrogen (secondary N) is 2. The van der Waals surface area contributed by atoms with Crippen LogP contribution in [0.1, 0.15) is 21.5 Å². The summed E-state index contributed by atoms with van der Waals surface area (Å²) in [6.07, 6.45) is 1.54. The van der Waals surface area contributed by atoms with Crippen molar-refractivity contribution in [2.45, 2.75) is 13.5 Å². The molecule has 0 saturated carbocycles. The van der Waals surface area contributed by atoms with Gasteiger partial charge in [-0.05, 0) is 54.4 Å². The monoisotopic (exact) mass is 395 g/mol. The van der Waals surface area contributed by atoms with Crippen LogP contribution < -0.4 is 20.1 Å². The molecule has 142 valence electrons. The van der Waals surface area contributed by atoms with Gasteiger partial charge in [0.25, 0.3) is 5.91 Å². The lowest BCUT2D eigenvalue weighted by molar-refractivity contribution is 0.102. The second-order valence-electron chi connectivity index (χ2n) is 6.34. The Bertz CT molecular complexity index is 1020. The number of halogens is 1. The quantitative estimate of drug-likeness (QED) is 0.658. The lowest BCUT2D eigenvalue weighted by atomic mass is 10.2. The first-order chi connectivity index (χ1) is 13.6. The van der Waals surface area contributed by atoms with E-state index in [2.05, 4.69) is 15.6 Å². The van der Waals surface area contributed by atoms with Crippen LogP contribution in [0.3, 0.4) is 0 Å². The maximum Gasteiger partial charge on any atom is 0.257 e. The molecule has 2 heterocycles. The van der Waals surface area contributed by atoms with Crippen molar-refractivity contribution < 1.29 is 14.3 Å². The van der Waals surface area contributed by atoms with Gasteiger partial charge in [-0.25, -0.2) is 4.98 Å². The lowest BCUT2D eigenvalue weighted by Crippen LogP contribution is -2.13. The molecule has 28 heavy (non-hydrogen) atoms. The van der Waals surface area contributed by atoms with Crippen LogP contribution in [-0.4, -0.2) is 17.7 Å². The van der Waals surface area contributed by atoms with Crippen molar-refractivity contribution in [1.29, 1.82) is 0 Å². The number of ether oxygens (including phenoxy) is 2. The number of fused-ring (bicyclic) bond motifs is 1. The highest BCUT2D eigenvalue weighted by atomic mass is 35.5. The molecule has 0 unspecified atom stereocenters. The van der Waals surface area contributed by atoms with Gasteiger partial charge in [0.2, 0.25) is 6.79 Å². The van der Waals surface area contributed by atoms with E-state index < -0.39 is 0 Å². The molecule has 1 aliphatic rings. The van der Waals surface area contributed by atoms with Gasteiger partial charge in [-0.1, -0.05) is 23.7 Å². The van der Waals surface area contributed by atoms with Gasteiger partial charge in [-0.2, -0.15) is 0 Å². The van der Waals surface area contributed by atoms with Crippen LogP contribution in [0.15, 0.2) is 54.7 Å². The Kier molecular flexibility index (Phi) is 5.04. The average molecular weight is 396 g/mol. The molecule has 1 aromatic heterocycles. The summed E-state index contributed by atoms with van der Waals surface area (Å²) in [5, 5.41) is 6.70. The Morgan fingerprint density at radius 1 is 1.14 bits per heavy atom. The zero-order chi connectivity index (χ0) is 19.5. The van der Waals surface area contributed by atoms with Crippen LogP contribution in [0.5, 0.6) is 11.5 Å². The normalized spacial score (nSPS) is 11.9. The number of carbonyl (C=O) groups excluding carboxylic acids is 1. The van der Waals surface area contributed by atoms with Crippen molar-refractivity contribution in [3.05, 3.63) is 76.4 Å². The van der Waals surface area contributed by atoms with Gasteiger partial charge < -0.3 is 20.1 Å². The predicted octanol–water partition coefficient (Wildman–Crippen LogP) is 4.64. The number of aromatic nitrogens is 1. The second-order valence-corrected chi connectivity index (χ2v) is 6.75. The number of carbonyl (C=O) groups is 1. The summed E-state index contributed by atoms with van der Waals surface area (Å²) < 4.78 is 10.7. The van der Waals surface area contributed by atoms with Gasteiger partial charge >= 0.3 is 0 Å². The molecular formula is C21H18ClN3O3. The van der Waals surface area contributed by atoms with Crippen LogP contribution in [0.25, 0.3) is 0 Å². The van der Waals surface area contributed by atoms with E-state index in [1.165, 1.54) is 6.20 Å². The number of hydrogen-bond donors (Lipinski definition) is 2. The topological polar surface area (TPSA) is 72.5 Å². The van der Waals surface area contributed by atoms with E-state index in [-0.39, 0.29) is 12.7 Å². The number of benzene rings is 2. The number of amides is 1. The van der Waals surface area contributed by atoms with Crippen molar-refractivity contribution in [2.75, 3.05) is 17.4 Å². The highest BCUT2D eigenvalue weighted by Crippen LogP contribution is 2.32. The number of rotatable bonds is 5. The third-order valence-corrected chi connectivity index (χ3v) is 4.86. The molecular weight excluding hydrogens is 378 g/mol. The van der Waals surface area contributed by atoms with Crippen molar-refractivity contribution in [2.24, 2.45) is 0 Å². The van der Waals surface area contributed by atoms with E-state index >= 15 is 0 Å². The fourth-order valence-corrected chi connectivity index (χ4v) is 2.99. The summed E-state index contributed by atoms with van der Waals surface area (Å²) >= 11 is 6.09. The second kappa shape index (κ2) is 7.78. The molecule has 0 spiro atoms. The minimum atomic E-state index is -0.236. The zero-order valence-electron chi connectivity index (χ0n) is 15.2. The van der Waals surface area contributed by atoms with Gasteiger partial charge in [-0.15, -0.1) is 0 Å². The van der Waals surface area contributed by atoms with Crippen molar-refractivity contribution >= 4 is 29.0 Å². The molecule has 6 nitrogen and oxygen atoms in total. The Labute approximate surface area is 167 Å². The summed E-state index contributed by atoms with van der Waals surface area (Å²) in [6, 6.07) is 14.7. The molecule has 0 fully saturated rings. The Morgan fingerprint density at radius 2 is 2.00 bits per heavy atom. The zero-order valence-corrected chi connectivity index (χ0v) is 15.9. The smallest absolute Gasteiger partial charge is 0.257 e. The van der Waals surface area contributed by atoms with Crippen molar-refractivity contribution in [1.82, 2.24) is 4.98 Å². The molecule has 2 aromatic carbocycles. The summed E-state index contributed by atoms with van der Waals surface area (Å²) in [6.45, 7) is 2.70. The highest BCUT2D eigenvalue weighted by Gasteiger charge is 2.13. The highest BCUT2D eigenvalue weighted by molar-refractivity contribution is 6.31. The first-order valence-electron chi connectivity index (χ1n) is 8.75. The minimum absolute atomic E-state index is 0.236. The number of anilines is 2. The van der Waals surface area contributed by atoms with Crippen LogP contribution in [-0.2, 0) is 6.54 Å². The van der Waals surface area contributed by atoms with Gasteiger partial charge in [-0.3, -0.25) is 4.79 Å². The third kappa shape index (κ3) is 3.87. The third-order valence-electron chi connectivity index (χ3n) is 4.45. The van der Waals surface area contributed by atoms with E-state index in [1.807, 2.05) is 31.2 Å². The van der Waals surface area contributed by atoms with E-state index in [1.54, 1.807) is 24.3 Å². The lowest BCUT2D eigenvalue weighted by Gasteiger charge is -2.10. The summed E-state index contributed by atoms with van der Waals surface area (Å²) in [7, 11) is 0. The van der Waals surface area contributed by atoms with Gasteiger partial charge in [0.15, 0.2) is 11.5 Å². The Morgan fingerprint density at radius 3 is 2.82 bits per heavy atom. The van der Waals surface area contributed by atoms with Crippen LogP contribution in [0, 0.1) is 6.92 Å². The summed E-state index contributed by atoms with van der Waals surface area (Å²) in [5.41, 5.74) is 3.02. The first kappa shape index (κ1) is 18.1. The fraction of sp³-hybridized carbons (Fsp3) is 0.143. The molecule has 3 aromatic rings.